The lowest BCUT2D eigenvalue weighted by atomic mass is 9.98. The molecule has 0 amide bonds. The summed E-state index contributed by atoms with van der Waals surface area (Å²) >= 11 is 6.24. The molecule has 0 saturated carbocycles. The highest BCUT2D eigenvalue weighted by atomic mass is 35.5. The third-order valence-electron chi connectivity index (χ3n) is 2.63. The van der Waals surface area contributed by atoms with Crippen LogP contribution >= 0.6 is 11.6 Å². The zero-order chi connectivity index (χ0) is 12.3. The first-order chi connectivity index (χ1) is 7.52. The number of aryl methyl sites for hydroxylation is 2. The molecule has 1 aromatic carbocycles. The fraction of sp³-hybridized carbons (Fsp3) is 0.500. The highest BCUT2D eigenvalue weighted by Crippen LogP contribution is 2.37. The Kier molecular flexibility index (Phi) is 4.59. The summed E-state index contributed by atoms with van der Waals surface area (Å²) in [5.74, 6) is 0.719. The summed E-state index contributed by atoms with van der Waals surface area (Å²) in [7, 11) is 1.60. The first kappa shape index (κ1) is 13.3. The van der Waals surface area contributed by atoms with Gasteiger partial charge in [0, 0.05) is 18.2 Å². The molecule has 1 rings (SSSR count). The number of methoxy groups -OCH3 is 1. The average molecular weight is 244 g/mol. The maximum absolute atomic E-state index is 8.93. The van der Waals surface area contributed by atoms with Gasteiger partial charge >= 0.3 is 0 Å². The Morgan fingerprint density at radius 3 is 2.56 bits per heavy atom. The van der Waals surface area contributed by atoms with Gasteiger partial charge in [0.15, 0.2) is 0 Å². The van der Waals surface area contributed by atoms with Crippen LogP contribution < -0.4 is 10.5 Å². The number of hydrogen-bond donors (Lipinski definition) is 2. The molecule has 0 bridgehead atoms. The van der Waals surface area contributed by atoms with Gasteiger partial charge < -0.3 is 15.6 Å². The van der Waals surface area contributed by atoms with E-state index in [9.17, 15) is 0 Å². The van der Waals surface area contributed by atoms with Crippen molar-refractivity contribution in [3.05, 3.63) is 27.8 Å². The standard InChI is InChI=1S/C12H18ClNO2/c1-7-6-8(2)12(16-3)10(11(7)13)9(14)4-5-15/h6,9,15H,4-5,14H2,1-3H3. The Balaban J connectivity index is 3.32. The lowest BCUT2D eigenvalue weighted by molar-refractivity contribution is 0.275. The summed E-state index contributed by atoms with van der Waals surface area (Å²) < 4.78 is 5.33. The van der Waals surface area contributed by atoms with Gasteiger partial charge in [-0.05, 0) is 31.4 Å². The predicted octanol–water partition coefficient (Wildman–Crippen LogP) is 2.35. The minimum absolute atomic E-state index is 0.0354. The van der Waals surface area contributed by atoms with Crippen molar-refractivity contribution >= 4 is 11.6 Å². The first-order valence-corrected chi connectivity index (χ1v) is 5.60. The van der Waals surface area contributed by atoms with Crippen LogP contribution in [0.1, 0.15) is 29.2 Å². The smallest absolute Gasteiger partial charge is 0.128 e. The Morgan fingerprint density at radius 2 is 2.06 bits per heavy atom. The Morgan fingerprint density at radius 1 is 1.44 bits per heavy atom. The van der Waals surface area contributed by atoms with E-state index in [1.54, 1.807) is 7.11 Å². The van der Waals surface area contributed by atoms with Gasteiger partial charge in [-0.2, -0.15) is 0 Å². The van der Waals surface area contributed by atoms with Crippen molar-refractivity contribution in [1.82, 2.24) is 0 Å². The highest BCUT2D eigenvalue weighted by Gasteiger charge is 2.19. The number of rotatable bonds is 4. The van der Waals surface area contributed by atoms with Crippen molar-refractivity contribution in [2.24, 2.45) is 5.73 Å². The molecule has 0 aliphatic rings. The van der Waals surface area contributed by atoms with Crippen LogP contribution in [0.3, 0.4) is 0 Å². The molecule has 0 spiro atoms. The van der Waals surface area contributed by atoms with Gasteiger partial charge in [-0.15, -0.1) is 0 Å². The van der Waals surface area contributed by atoms with Crippen LogP contribution in [0.25, 0.3) is 0 Å². The van der Waals surface area contributed by atoms with Crippen molar-refractivity contribution in [2.45, 2.75) is 26.3 Å². The Hall–Kier alpha value is -0.770. The number of halogens is 1. The van der Waals surface area contributed by atoms with Crippen molar-refractivity contribution in [3.8, 4) is 5.75 Å². The molecule has 4 heteroatoms. The van der Waals surface area contributed by atoms with E-state index in [4.69, 9.17) is 27.2 Å². The van der Waals surface area contributed by atoms with E-state index < -0.39 is 0 Å². The number of nitrogens with two attached hydrogens (primary N) is 1. The number of ether oxygens (including phenoxy) is 1. The fourth-order valence-electron chi connectivity index (χ4n) is 1.86. The minimum atomic E-state index is -0.300. The number of benzene rings is 1. The third-order valence-corrected chi connectivity index (χ3v) is 3.14. The van der Waals surface area contributed by atoms with E-state index in [-0.39, 0.29) is 12.6 Å². The van der Waals surface area contributed by atoms with Gasteiger partial charge in [0.25, 0.3) is 0 Å². The van der Waals surface area contributed by atoms with Gasteiger partial charge in [0.1, 0.15) is 5.75 Å². The molecule has 1 atom stereocenters. The minimum Gasteiger partial charge on any atom is -0.496 e. The van der Waals surface area contributed by atoms with Gasteiger partial charge in [0.05, 0.1) is 12.1 Å². The average Bonchev–Trinajstić information content (AvgIpc) is 2.23. The number of aliphatic hydroxyl groups excluding tert-OH is 1. The van der Waals surface area contributed by atoms with Crippen LogP contribution in [0, 0.1) is 13.8 Å². The number of aliphatic hydroxyl groups is 1. The molecule has 0 fully saturated rings. The summed E-state index contributed by atoms with van der Waals surface area (Å²) in [6.45, 7) is 3.93. The van der Waals surface area contributed by atoms with E-state index in [1.807, 2.05) is 19.9 Å². The van der Waals surface area contributed by atoms with Crippen molar-refractivity contribution in [3.63, 3.8) is 0 Å². The van der Waals surface area contributed by atoms with E-state index >= 15 is 0 Å². The second kappa shape index (κ2) is 5.53. The summed E-state index contributed by atoms with van der Waals surface area (Å²) in [6.07, 6.45) is 0.471. The van der Waals surface area contributed by atoms with Gasteiger partial charge in [0.2, 0.25) is 0 Å². The molecule has 0 saturated heterocycles. The van der Waals surface area contributed by atoms with Crippen molar-refractivity contribution in [2.75, 3.05) is 13.7 Å². The SMILES string of the molecule is COc1c(C)cc(C)c(Cl)c1C(N)CCO. The van der Waals surface area contributed by atoms with Gasteiger partial charge in [-0.3, -0.25) is 0 Å². The van der Waals surface area contributed by atoms with Crippen molar-refractivity contribution in [1.29, 1.82) is 0 Å². The molecule has 1 unspecified atom stereocenters. The fourth-order valence-corrected chi connectivity index (χ4v) is 2.14. The van der Waals surface area contributed by atoms with Gasteiger partial charge in [-0.25, -0.2) is 0 Å². The summed E-state index contributed by atoms with van der Waals surface area (Å²) in [5.41, 5.74) is 8.77. The van der Waals surface area contributed by atoms with Crippen LogP contribution in [-0.2, 0) is 0 Å². The zero-order valence-electron chi connectivity index (χ0n) is 9.88. The molecule has 0 aromatic heterocycles. The molecule has 3 nitrogen and oxygen atoms in total. The Bertz CT molecular complexity index is 380. The molecule has 16 heavy (non-hydrogen) atoms. The second-order valence-electron chi connectivity index (χ2n) is 3.89. The number of hydrogen-bond acceptors (Lipinski definition) is 3. The predicted molar refractivity (Wildman–Crippen MR) is 66.1 cm³/mol. The van der Waals surface area contributed by atoms with Crippen LogP contribution in [0.5, 0.6) is 5.75 Å². The molecular formula is C12H18ClNO2. The Labute approximate surface area is 101 Å². The zero-order valence-corrected chi connectivity index (χ0v) is 10.6. The van der Waals surface area contributed by atoms with E-state index in [1.165, 1.54) is 0 Å². The monoisotopic (exact) mass is 243 g/mol. The van der Waals surface area contributed by atoms with Crippen LogP contribution in [0.4, 0.5) is 0 Å². The first-order valence-electron chi connectivity index (χ1n) is 5.23. The lowest BCUT2D eigenvalue weighted by Crippen LogP contribution is -2.15. The van der Waals surface area contributed by atoms with E-state index in [2.05, 4.69) is 0 Å². The molecule has 3 N–H and O–H groups in total. The van der Waals surface area contributed by atoms with E-state index in [0.29, 0.717) is 11.4 Å². The topological polar surface area (TPSA) is 55.5 Å². The summed E-state index contributed by atoms with van der Waals surface area (Å²) in [4.78, 5) is 0. The molecular weight excluding hydrogens is 226 g/mol. The summed E-state index contributed by atoms with van der Waals surface area (Å²) in [5, 5.41) is 9.56. The van der Waals surface area contributed by atoms with Crippen LogP contribution in [0.2, 0.25) is 5.02 Å². The molecule has 0 aliphatic carbocycles. The second-order valence-corrected chi connectivity index (χ2v) is 4.27. The normalized spacial score (nSPS) is 12.6. The molecule has 0 radical (unpaired) electrons. The lowest BCUT2D eigenvalue weighted by Gasteiger charge is -2.19. The van der Waals surface area contributed by atoms with Crippen molar-refractivity contribution < 1.29 is 9.84 Å². The molecule has 90 valence electrons. The maximum Gasteiger partial charge on any atom is 0.128 e. The largest absolute Gasteiger partial charge is 0.496 e. The van der Waals surface area contributed by atoms with Crippen LogP contribution in [0.15, 0.2) is 6.07 Å². The molecule has 0 heterocycles. The molecule has 1 aromatic rings. The highest BCUT2D eigenvalue weighted by molar-refractivity contribution is 6.32. The maximum atomic E-state index is 8.93. The molecule has 0 aliphatic heterocycles. The summed E-state index contributed by atoms with van der Waals surface area (Å²) in [6, 6.07) is 1.67. The van der Waals surface area contributed by atoms with Crippen LogP contribution in [-0.4, -0.2) is 18.8 Å². The van der Waals surface area contributed by atoms with E-state index in [0.717, 1.165) is 22.4 Å². The van der Waals surface area contributed by atoms with Gasteiger partial charge in [-0.1, -0.05) is 17.7 Å². The third kappa shape index (κ3) is 2.48. The quantitative estimate of drug-likeness (QED) is 0.854.